The number of hydrogen-bond acceptors (Lipinski definition) is 2. The molecular weight excluding hydrogens is 248 g/mol. The summed E-state index contributed by atoms with van der Waals surface area (Å²) in [5.74, 6) is 0. The number of benzene rings is 3. The van der Waals surface area contributed by atoms with Crippen molar-refractivity contribution in [3.05, 3.63) is 59.7 Å². The number of aliphatic hydroxyl groups is 2. The zero-order valence-corrected chi connectivity index (χ0v) is 11.3. The maximum absolute atomic E-state index is 9.32. The molecule has 3 rings (SSSR count). The molecule has 102 valence electrons. The van der Waals surface area contributed by atoms with Crippen molar-refractivity contribution in [1.29, 1.82) is 0 Å². The number of aliphatic hydroxyl groups excluding tert-OH is 2. The Kier molecular flexibility index (Phi) is 3.68. The van der Waals surface area contributed by atoms with Gasteiger partial charge in [0.2, 0.25) is 0 Å². The highest BCUT2D eigenvalue weighted by atomic mass is 16.3. The normalized spacial score (nSPS) is 11.3. The van der Waals surface area contributed by atoms with Crippen LogP contribution < -0.4 is 0 Å². The molecule has 0 aromatic heterocycles. The first kappa shape index (κ1) is 13.1. The molecule has 20 heavy (non-hydrogen) atoms. The molecule has 3 aromatic carbocycles. The lowest BCUT2D eigenvalue weighted by molar-refractivity contribution is 0.298. The van der Waals surface area contributed by atoms with Gasteiger partial charge in [0.25, 0.3) is 0 Å². The molecule has 0 saturated heterocycles. The van der Waals surface area contributed by atoms with Gasteiger partial charge < -0.3 is 10.2 Å². The Bertz CT molecular complexity index is 747. The average Bonchev–Trinajstić information content (AvgIpc) is 2.47. The molecule has 0 bridgehead atoms. The highest BCUT2D eigenvalue weighted by Gasteiger charge is 2.07. The second-order valence-corrected chi connectivity index (χ2v) is 5.09. The van der Waals surface area contributed by atoms with Crippen LogP contribution in [0.4, 0.5) is 0 Å². The fourth-order valence-electron chi connectivity index (χ4n) is 2.90. The van der Waals surface area contributed by atoms with Crippen molar-refractivity contribution in [3.63, 3.8) is 0 Å². The number of rotatable bonds is 4. The minimum absolute atomic E-state index is 0.140. The van der Waals surface area contributed by atoms with Crippen LogP contribution in [0.3, 0.4) is 0 Å². The van der Waals surface area contributed by atoms with Crippen molar-refractivity contribution in [2.24, 2.45) is 0 Å². The van der Waals surface area contributed by atoms with Crippen LogP contribution in [0.25, 0.3) is 21.5 Å². The fraction of sp³-hybridized carbons (Fsp3) is 0.222. The molecule has 0 fully saturated rings. The molecule has 2 nitrogen and oxygen atoms in total. The van der Waals surface area contributed by atoms with Gasteiger partial charge in [-0.05, 0) is 45.5 Å². The topological polar surface area (TPSA) is 40.5 Å². The Morgan fingerprint density at radius 2 is 1.50 bits per heavy atom. The van der Waals surface area contributed by atoms with E-state index in [4.69, 9.17) is 5.11 Å². The Morgan fingerprint density at radius 3 is 2.30 bits per heavy atom. The Labute approximate surface area is 118 Å². The summed E-state index contributed by atoms with van der Waals surface area (Å²) in [6.07, 6.45) is 1.30. The third-order valence-corrected chi connectivity index (χ3v) is 3.76. The Balaban J connectivity index is 2.34. The molecule has 0 aliphatic rings. The standard InChI is InChI=1S/C18H18O2/c19-9-7-13-11-15-6-5-14-3-1-2-4-17(14)18(15)16(12-13)8-10-20/h1-6,11-12,19-20H,7-10H2. The molecule has 0 aliphatic carbocycles. The van der Waals surface area contributed by atoms with Crippen LogP contribution in [0.5, 0.6) is 0 Å². The van der Waals surface area contributed by atoms with Crippen molar-refractivity contribution in [3.8, 4) is 0 Å². The first-order valence-corrected chi connectivity index (χ1v) is 6.98. The van der Waals surface area contributed by atoms with E-state index in [0.29, 0.717) is 12.8 Å². The molecule has 0 amide bonds. The predicted octanol–water partition coefficient (Wildman–Crippen LogP) is 3.06. The highest BCUT2D eigenvalue weighted by molar-refractivity contribution is 6.09. The van der Waals surface area contributed by atoms with Crippen LogP contribution >= 0.6 is 0 Å². The summed E-state index contributed by atoms with van der Waals surface area (Å²) in [5, 5.41) is 23.3. The van der Waals surface area contributed by atoms with Gasteiger partial charge in [-0.1, -0.05) is 48.5 Å². The van der Waals surface area contributed by atoms with E-state index in [2.05, 4.69) is 36.4 Å². The van der Waals surface area contributed by atoms with Crippen LogP contribution in [-0.4, -0.2) is 23.4 Å². The second-order valence-electron chi connectivity index (χ2n) is 5.09. The molecule has 2 N–H and O–H groups in total. The van der Waals surface area contributed by atoms with Gasteiger partial charge in [0.15, 0.2) is 0 Å². The molecule has 0 aliphatic heterocycles. The van der Waals surface area contributed by atoms with E-state index in [-0.39, 0.29) is 13.2 Å². The Hall–Kier alpha value is -1.90. The lowest BCUT2D eigenvalue weighted by Crippen LogP contribution is -1.97. The molecule has 0 saturated carbocycles. The fourth-order valence-corrected chi connectivity index (χ4v) is 2.90. The van der Waals surface area contributed by atoms with Gasteiger partial charge in [-0.3, -0.25) is 0 Å². The van der Waals surface area contributed by atoms with E-state index < -0.39 is 0 Å². The summed E-state index contributed by atoms with van der Waals surface area (Å²) in [4.78, 5) is 0. The first-order chi connectivity index (χ1) is 9.83. The zero-order valence-electron chi connectivity index (χ0n) is 11.3. The van der Waals surface area contributed by atoms with Gasteiger partial charge in [-0.25, -0.2) is 0 Å². The number of hydrogen-bond donors (Lipinski definition) is 2. The van der Waals surface area contributed by atoms with Crippen LogP contribution in [-0.2, 0) is 12.8 Å². The average molecular weight is 266 g/mol. The van der Waals surface area contributed by atoms with Crippen LogP contribution in [0.2, 0.25) is 0 Å². The summed E-state index contributed by atoms with van der Waals surface area (Å²) < 4.78 is 0. The van der Waals surface area contributed by atoms with E-state index >= 15 is 0 Å². The lowest BCUT2D eigenvalue weighted by atomic mass is 9.93. The monoisotopic (exact) mass is 266 g/mol. The second kappa shape index (κ2) is 5.61. The molecule has 2 heteroatoms. The summed E-state index contributed by atoms with van der Waals surface area (Å²) in [5.41, 5.74) is 2.28. The maximum Gasteiger partial charge on any atom is 0.0471 e. The van der Waals surface area contributed by atoms with Crippen LogP contribution in [0, 0.1) is 0 Å². The number of fused-ring (bicyclic) bond motifs is 3. The van der Waals surface area contributed by atoms with Gasteiger partial charge in [-0.2, -0.15) is 0 Å². The largest absolute Gasteiger partial charge is 0.396 e. The molecule has 3 aromatic rings. The SMILES string of the molecule is OCCc1cc(CCO)c2c(ccc3ccccc32)c1. The minimum Gasteiger partial charge on any atom is -0.396 e. The molecule has 0 heterocycles. The van der Waals surface area contributed by atoms with Gasteiger partial charge in [0.05, 0.1) is 0 Å². The van der Waals surface area contributed by atoms with E-state index in [1.165, 1.54) is 21.5 Å². The minimum atomic E-state index is 0.140. The molecular formula is C18H18O2. The molecule has 0 spiro atoms. The van der Waals surface area contributed by atoms with E-state index in [9.17, 15) is 5.11 Å². The molecule has 0 radical (unpaired) electrons. The van der Waals surface area contributed by atoms with E-state index in [1.807, 2.05) is 12.1 Å². The smallest absolute Gasteiger partial charge is 0.0471 e. The van der Waals surface area contributed by atoms with E-state index in [1.54, 1.807) is 0 Å². The lowest BCUT2D eigenvalue weighted by Gasteiger charge is -2.12. The summed E-state index contributed by atoms with van der Waals surface area (Å²) in [6.45, 7) is 0.290. The first-order valence-electron chi connectivity index (χ1n) is 6.98. The zero-order chi connectivity index (χ0) is 13.9. The van der Waals surface area contributed by atoms with Crippen LogP contribution in [0.15, 0.2) is 48.5 Å². The third-order valence-electron chi connectivity index (χ3n) is 3.76. The van der Waals surface area contributed by atoms with E-state index in [0.717, 1.165) is 11.1 Å². The van der Waals surface area contributed by atoms with Crippen molar-refractivity contribution >= 4 is 21.5 Å². The summed E-state index contributed by atoms with van der Waals surface area (Å²) in [7, 11) is 0. The van der Waals surface area contributed by atoms with Gasteiger partial charge in [0.1, 0.15) is 0 Å². The Morgan fingerprint density at radius 1 is 0.750 bits per heavy atom. The molecule has 0 unspecified atom stereocenters. The summed E-state index contributed by atoms with van der Waals surface area (Å²) >= 11 is 0. The maximum atomic E-state index is 9.32. The summed E-state index contributed by atoms with van der Waals surface area (Å²) in [6, 6.07) is 16.8. The molecule has 0 atom stereocenters. The van der Waals surface area contributed by atoms with Crippen molar-refractivity contribution in [2.45, 2.75) is 12.8 Å². The van der Waals surface area contributed by atoms with Gasteiger partial charge in [-0.15, -0.1) is 0 Å². The van der Waals surface area contributed by atoms with Crippen molar-refractivity contribution in [1.82, 2.24) is 0 Å². The van der Waals surface area contributed by atoms with Crippen molar-refractivity contribution < 1.29 is 10.2 Å². The predicted molar refractivity (Wildman–Crippen MR) is 83.0 cm³/mol. The van der Waals surface area contributed by atoms with Crippen LogP contribution in [0.1, 0.15) is 11.1 Å². The van der Waals surface area contributed by atoms with Gasteiger partial charge >= 0.3 is 0 Å². The highest BCUT2D eigenvalue weighted by Crippen LogP contribution is 2.30. The van der Waals surface area contributed by atoms with Crippen molar-refractivity contribution in [2.75, 3.05) is 13.2 Å². The van der Waals surface area contributed by atoms with Gasteiger partial charge in [0, 0.05) is 13.2 Å². The third kappa shape index (κ3) is 2.28. The quantitative estimate of drug-likeness (QED) is 0.712.